The Morgan fingerprint density at radius 3 is 2.53 bits per heavy atom. The molecular formula is C22H18FN5O2. The first-order valence-electron chi connectivity index (χ1n) is 9.49. The topological polar surface area (TPSA) is 102 Å². The van der Waals surface area contributed by atoms with E-state index in [1.165, 1.54) is 23.2 Å². The number of carbonyl (C=O) groups is 1. The zero-order valence-electron chi connectivity index (χ0n) is 16.1. The molecule has 2 aromatic carbocycles. The molecule has 0 saturated carbocycles. The van der Waals surface area contributed by atoms with E-state index >= 15 is 0 Å². The van der Waals surface area contributed by atoms with Gasteiger partial charge in [-0.05, 0) is 24.1 Å². The van der Waals surface area contributed by atoms with E-state index in [0.717, 1.165) is 11.1 Å². The van der Waals surface area contributed by atoms with Crippen LogP contribution in [0.5, 0.6) is 0 Å². The van der Waals surface area contributed by atoms with Crippen LogP contribution in [0.4, 0.5) is 4.39 Å². The Kier molecular flexibility index (Phi) is 4.94. The van der Waals surface area contributed by atoms with Crippen LogP contribution in [0.15, 0.2) is 53.6 Å². The first-order chi connectivity index (χ1) is 14.6. The van der Waals surface area contributed by atoms with Crippen molar-refractivity contribution < 1.29 is 13.9 Å². The molecule has 1 saturated heterocycles. The predicted molar refractivity (Wildman–Crippen MR) is 105 cm³/mol. The summed E-state index contributed by atoms with van der Waals surface area (Å²) < 4.78 is 20.0. The molecule has 30 heavy (non-hydrogen) atoms. The maximum absolute atomic E-state index is 14.7. The van der Waals surface area contributed by atoms with Crippen LogP contribution in [0, 0.1) is 28.5 Å². The van der Waals surface area contributed by atoms with E-state index < -0.39 is 35.5 Å². The van der Waals surface area contributed by atoms with E-state index in [0.29, 0.717) is 0 Å². The molecule has 7 nitrogen and oxygen atoms in total. The molecule has 0 amide bonds. The van der Waals surface area contributed by atoms with Crippen LogP contribution >= 0.6 is 0 Å². The second kappa shape index (κ2) is 7.58. The quantitative estimate of drug-likeness (QED) is 0.791. The van der Waals surface area contributed by atoms with Crippen molar-refractivity contribution in [2.75, 3.05) is 6.61 Å². The third-order valence-electron chi connectivity index (χ3n) is 5.44. The van der Waals surface area contributed by atoms with Crippen LogP contribution in [-0.2, 0) is 9.53 Å². The van der Waals surface area contributed by atoms with Crippen molar-refractivity contribution >= 4 is 12.2 Å². The van der Waals surface area contributed by atoms with Gasteiger partial charge in [0.05, 0.1) is 18.9 Å². The smallest absolute Gasteiger partial charge is 0.325 e. The maximum atomic E-state index is 14.7. The molecule has 4 rings (SSSR count). The molecule has 0 bridgehead atoms. The summed E-state index contributed by atoms with van der Waals surface area (Å²) in [6, 6.07) is 14.3. The van der Waals surface area contributed by atoms with Gasteiger partial charge in [-0.15, -0.1) is 0 Å². The number of fused-ring (bicyclic) bond motifs is 3. The fourth-order valence-electron chi connectivity index (χ4n) is 4.09. The van der Waals surface area contributed by atoms with Gasteiger partial charge >= 0.3 is 5.97 Å². The standard InChI is InChI=1S/C22H18FN5O2/c1-2-30-21(29)18-19-15-8-4-3-7-14(15)11-26-28(19)22(12-24,13-25)20(27-18)16-9-5-6-10-17(16)23/h3-11,18-20,27H,2H2,1H3/t18-,19+,20?/m0/s1. The second-order valence-electron chi connectivity index (χ2n) is 7.00. The number of esters is 1. The highest BCUT2D eigenvalue weighted by atomic mass is 19.1. The molecule has 0 radical (unpaired) electrons. The average Bonchev–Trinajstić information content (AvgIpc) is 2.78. The lowest BCUT2D eigenvalue weighted by Gasteiger charge is -2.51. The van der Waals surface area contributed by atoms with Gasteiger partial charge in [0.15, 0.2) is 0 Å². The lowest BCUT2D eigenvalue weighted by molar-refractivity contribution is -0.151. The minimum atomic E-state index is -1.89. The molecule has 0 spiro atoms. The first kappa shape index (κ1) is 19.6. The van der Waals surface area contributed by atoms with Crippen molar-refractivity contribution in [1.29, 1.82) is 10.5 Å². The number of nitrogens with one attached hydrogen (secondary N) is 1. The van der Waals surface area contributed by atoms with Crippen LogP contribution in [0.25, 0.3) is 0 Å². The molecule has 2 aromatic rings. The van der Waals surface area contributed by atoms with E-state index in [2.05, 4.69) is 10.4 Å². The summed E-state index contributed by atoms with van der Waals surface area (Å²) in [5, 5.41) is 29.0. The summed E-state index contributed by atoms with van der Waals surface area (Å²) in [6.07, 6.45) is 1.54. The van der Waals surface area contributed by atoms with E-state index in [1.54, 1.807) is 19.2 Å². The summed E-state index contributed by atoms with van der Waals surface area (Å²) in [7, 11) is 0. The van der Waals surface area contributed by atoms with Gasteiger partial charge in [-0.25, -0.2) is 4.39 Å². The number of hydrogen-bond acceptors (Lipinski definition) is 7. The van der Waals surface area contributed by atoms with Gasteiger partial charge in [0.25, 0.3) is 0 Å². The number of nitriles is 2. The summed E-state index contributed by atoms with van der Waals surface area (Å²) in [6.45, 7) is 1.84. The maximum Gasteiger partial charge on any atom is 0.325 e. The van der Waals surface area contributed by atoms with Gasteiger partial charge in [0.1, 0.15) is 30.0 Å². The molecule has 2 aliphatic rings. The molecule has 8 heteroatoms. The van der Waals surface area contributed by atoms with Crippen LogP contribution in [0.3, 0.4) is 0 Å². The summed E-state index contributed by atoms with van der Waals surface area (Å²) in [4.78, 5) is 12.9. The molecule has 1 N–H and O–H groups in total. The number of ether oxygens (including phenoxy) is 1. The number of nitrogens with zero attached hydrogens (tertiary/aromatic N) is 4. The van der Waals surface area contributed by atoms with Crippen LogP contribution in [0.1, 0.15) is 35.7 Å². The van der Waals surface area contributed by atoms with E-state index in [9.17, 15) is 19.7 Å². The number of benzene rings is 2. The minimum Gasteiger partial charge on any atom is -0.465 e. The van der Waals surface area contributed by atoms with Crippen molar-refractivity contribution in [3.8, 4) is 12.1 Å². The Morgan fingerprint density at radius 2 is 1.87 bits per heavy atom. The van der Waals surface area contributed by atoms with Crippen molar-refractivity contribution in [2.24, 2.45) is 5.10 Å². The normalized spacial score (nSPS) is 23.5. The van der Waals surface area contributed by atoms with Crippen molar-refractivity contribution in [2.45, 2.75) is 30.6 Å². The molecule has 1 unspecified atom stereocenters. The first-order valence-corrected chi connectivity index (χ1v) is 9.49. The number of piperazine rings is 1. The van der Waals surface area contributed by atoms with Gasteiger partial charge < -0.3 is 4.74 Å². The average molecular weight is 403 g/mol. The third kappa shape index (κ3) is 2.81. The number of halogens is 1. The second-order valence-corrected chi connectivity index (χ2v) is 7.00. The molecule has 2 aliphatic heterocycles. The lowest BCUT2D eigenvalue weighted by atomic mass is 9.78. The number of carbonyl (C=O) groups excluding carboxylic acids is 1. The molecule has 2 heterocycles. The molecular weight excluding hydrogens is 385 g/mol. The molecule has 1 fully saturated rings. The summed E-state index contributed by atoms with van der Waals surface area (Å²) in [5.41, 5.74) is -0.300. The van der Waals surface area contributed by atoms with Crippen molar-refractivity contribution in [3.63, 3.8) is 0 Å². The fourth-order valence-corrected chi connectivity index (χ4v) is 4.09. The highest BCUT2D eigenvalue weighted by Crippen LogP contribution is 2.46. The highest BCUT2D eigenvalue weighted by molar-refractivity contribution is 5.85. The Labute approximate surface area is 173 Å². The molecule has 0 aliphatic carbocycles. The van der Waals surface area contributed by atoms with Crippen LogP contribution in [0.2, 0.25) is 0 Å². The van der Waals surface area contributed by atoms with E-state index in [1.807, 2.05) is 36.4 Å². The molecule has 0 aromatic heterocycles. The SMILES string of the molecule is CCOC(=O)[C@H]1NC(c2ccccc2F)C(C#N)(C#N)N2N=Cc3ccccc3[C@H]12. The van der Waals surface area contributed by atoms with Gasteiger partial charge in [-0.3, -0.25) is 15.1 Å². The number of rotatable bonds is 3. The largest absolute Gasteiger partial charge is 0.465 e. The number of hydrazone groups is 1. The van der Waals surface area contributed by atoms with E-state index in [-0.39, 0.29) is 12.2 Å². The van der Waals surface area contributed by atoms with Gasteiger partial charge in [-0.2, -0.15) is 15.6 Å². The minimum absolute atomic E-state index is 0.0995. The van der Waals surface area contributed by atoms with Gasteiger partial charge in [0.2, 0.25) is 5.54 Å². The molecule has 3 atom stereocenters. The molecule has 150 valence electrons. The Morgan fingerprint density at radius 1 is 1.20 bits per heavy atom. The Bertz CT molecular complexity index is 1090. The highest BCUT2D eigenvalue weighted by Gasteiger charge is 2.59. The fraction of sp³-hybridized carbons (Fsp3) is 0.273. The number of hydrogen-bond donors (Lipinski definition) is 1. The predicted octanol–water partition coefficient (Wildman–Crippen LogP) is 2.58. The summed E-state index contributed by atoms with van der Waals surface area (Å²) >= 11 is 0. The van der Waals surface area contributed by atoms with Crippen molar-refractivity contribution in [3.05, 3.63) is 71.0 Å². The monoisotopic (exact) mass is 403 g/mol. The van der Waals surface area contributed by atoms with Gasteiger partial charge in [-0.1, -0.05) is 42.5 Å². The zero-order valence-corrected chi connectivity index (χ0v) is 16.1. The van der Waals surface area contributed by atoms with Crippen LogP contribution < -0.4 is 5.32 Å². The Hall–Kier alpha value is -3.75. The summed E-state index contributed by atoms with van der Waals surface area (Å²) in [5.74, 6) is -1.16. The van der Waals surface area contributed by atoms with Crippen LogP contribution in [-0.4, -0.2) is 35.4 Å². The zero-order chi connectivity index (χ0) is 21.3. The van der Waals surface area contributed by atoms with Gasteiger partial charge in [0, 0.05) is 5.56 Å². The third-order valence-corrected chi connectivity index (χ3v) is 5.44. The lowest BCUT2D eigenvalue weighted by Crippen LogP contribution is -2.67. The Balaban J connectivity index is 1.93. The van der Waals surface area contributed by atoms with Crippen molar-refractivity contribution in [1.82, 2.24) is 10.3 Å². The van der Waals surface area contributed by atoms with E-state index in [4.69, 9.17) is 4.74 Å².